The molecule has 0 aromatic rings. The SMILES string of the molecule is N=C=O.[Ag]. The van der Waals surface area contributed by atoms with Gasteiger partial charge in [-0.25, -0.2) is 10.2 Å². The van der Waals surface area contributed by atoms with Crippen molar-refractivity contribution in [2.24, 2.45) is 0 Å². The number of hydrogen-bond donors (Lipinski definition) is 1. The van der Waals surface area contributed by atoms with Crippen molar-refractivity contribution in [1.82, 2.24) is 0 Å². The average molecular weight is 151 g/mol. The van der Waals surface area contributed by atoms with Crippen LogP contribution < -0.4 is 0 Å². The number of nitrogens with one attached hydrogen (secondary N) is 1. The summed E-state index contributed by atoms with van der Waals surface area (Å²) in [6.07, 6.45) is 0.750. The molecule has 1 N–H and O–H groups in total. The third-order valence-electron chi connectivity index (χ3n) is 0. The van der Waals surface area contributed by atoms with E-state index in [2.05, 4.69) is 0 Å². The van der Waals surface area contributed by atoms with Crippen LogP contribution in [0.4, 0.5) is 0 Å². The summed E-state index contributed by atoms with van der Waals surface area (Å²) in [5, 5.41) is 5.40. The third kappa shape index (κ3) is 184. The van der Waals surface area contributed by atoms with E-state index in [9.17, 15) is 0 Å². The fourth-order valence-corrected chi connectivity index (χ4v) is 0. The molecule has 0 saturated carbocycles. The molecule has 0 aromatic carbocycles. The summed E-state index contributed by atoms with van der Waals surface area (Å²) in [4.78, 5) is 8.35. The smallest absolute Gasteiger partial charge is 0.222 e. The first-order valence-electron chi connectivity index (χ1n) is 0.454. The van der Waals surface area contributed by atoms with E-state index in [4.69, 9.17) is 10.2 Å². The summed E-state index contributed by atoms with van der Waals surface area (Å²) in [5.74, 6) is 0. The Morgan fingerprint density at radius 2 is 1.75 bits per heavy atom. The van der Waals surface area contributed by atoms with Crippen LogP contribution in [0.2, 0.25) is 0 Å². The van der Waals surface area contributed by atoms with E-state index in [0.29, 0.717) is 0 Å². The predicted molar refractivity (Wildman–Crippen MR) is 8.41 cm³/mol. The van der Waals surface area contributed by atoms with Gasteiger partial charge in [-0.15, -0.1) is 0 Å². The molecule has 0 aliphatic heterocycles. The molecule has 0 rings (SSSR count). The number of isocyanates is 1. The molecule has 0 heterocycles. The molecule has 0 aromatic heterocycles. The van der Waals surface area contributed by atoms with Crippen molar-refractivity contribution in [3.63, 3.8) is 0 Å². The Morgan fingerprint density at radius 3 is 1.75 bits per heavy atom. The van der Waals surface area contributed by atoms with Crippen molar-refractivity contribution < 1.29 is 27.2 Å². The zero-order chi connectivity index (χ0) is 2.71. The molecule has 0 fully saturated rings. The Bertz CT molecular complexity index is 29.0. The van der Waals surface area contributed by atoms with Crippen molar-refractivity contribution in [3.8, 4) is 0 Å². The molecule has 0 atom stereocenters. The average Bonchev–Trinajstić information content (AvgIpc) is 0.918. The standard InChI is InChI=1S/CHNO.Ag/c2-1-3;/h2H;. The van der Waals surface area contributed by atoms with Crippen LogP contribution in [0.5, 0.6) is 0 Å². The van der Waals surface area contributed by atoms with E-state index in [1.807, 2.05) is 0 Å². The molecule has 0 saturated heterocycles. The molecule has 0 amide bonds. The summed E-state index contributed by atoms with van der Waals surface area (Å²) in [5.41, 5.74) is 0. The second-order valence-electron chi connectivity index (χ2n) is 0.102. The fraction of sp³-hybridized carbons (Fsp3) is 0. The van der Waals surface area contributed by atoms with E-state index >= 15 is 0 Å². The molecule has 27 valence electrons. The zero-order valence-corrected chi connectivity index (χ0v) is 3.19. The van der Waals surface area contributed by atoms with E-state index < -0.39 is 0 Å². The molecular formula is CHAgNO. The molecule has 4 heavy (non-hydrogen) atoms. The first-order chi connectivity index (χ1) is 1.41. The minimum absolute atomic E-state index is 0. The van der Waals surface area contributed by atoms with Gasteiger partial charge in [0.15, 0.2) is 0 Å². The van der Waals surface area contributed by atoms with Crippen LogP contribution in [0.25, 0.3) is 0 Å². The maximum Gasteiger partial charge on any atom is 0.231 e. The number of rotatable bonds is 0. The van der Waals surface area contributed by atoms with Crippen LogP contribution in [-0.2, 0) is 27.2 Å². The maximum atomic E-state index is 8.35. The molecule has 0 spiro atoms. The molecule has 0 bridgehead atoms. The van der Waals surface area contributed by atoms with Crippen LogP contribution in [0, 0.1) is 5.41 Å². The van der Waals surface area contributed by atoms with E-state index in [-0.39, 0.29) is 22.4 Å². The minimum Gasteiger partial charge on any atom is -0.222 e. The molecule has 1 radical (unpaired) electrons. The summed E-state index contributed by atoms with van der Waals surface area (Å²) in [6, 6.07) is 0. The van der Waals surface area contributed by atoms with Crippen molar-refractivity contribution >= 4 is 6.08 Å². The third-order valence-corrected chi connectivity index (χ3v) is 0. The van der Waals surface area contributed by atoms with E-state index in [0.717, 1.165) is 6.08 Å². The maximum absolute atomic E-state index is 8.35. The molecule has 0 unspecified atom stereocenters. The zero-order valence-electron chi connectivity index (χ0n) is 1.71. The topological polar surface area (TPSA) is 40.9 Å². The van der Waals surface area contributed by atoms with Gasteiger partial charge in [-0.05, 0) is 0 Å². The summed E-state index contributed by atoms with van der Waals surface area (Å²) < 4.78 is 0. The fourth-order valence-electron chi connectivity index (χ4n) is 0. The summed E-state index contributed by atoms with van der Waals surface area (Å²) >= 11 is 0. The predicted octanol–water partition coefficient (Wildman–Crippen LogP) is -0.102. The summed E-state index contributed by atoms with van der Waals surface area (Å²) in [6.45, 7) is 0. The van der Waals surface area contributed by atoms with Gasteiger partial charge in [0.1, 0.15) is 0 Å². The largest absolute Gasteiger partial charge is 0.231 e. The Balaban J connectivity index is 0. The molecule has 3 heteroatoms. The molecule has 2 nitrogen and oxygen atoms in total. The van der Waals surface area contributed by atoms with Gasteiger partial charge >= 0.3 is 0 Å². The van der Waals surface area contributed by atoms with Gasteiger partial charge in [0.25, 0.3) is 0 Å². The first-order valence-corrected chi connectivity index (χ1v) is 0.454. The van der Waals surface area contributed by atoms with Crippen LogP contribution in [0.3, 0.4) is 0 Å². The van der Waals surface area contributed by atoms with Crippen LogP contribution in [0.1, 0.15) is 0 Å². The van der Waals surface area contributed by atoms with Crippen molar-refractivity contribution in [2.75, 3.05) is 0 Å². The Morgan fingerprint density at radius 1 is 1.75 bits per heavy atom. The van der Waals surface area contributed by atoms with Gasteiger partial charge in [-0.3, -0.25) is 0 Å². The van der Waals surface area contributed by atoms with Crippen LogP contribution in [0.15, 0.2) is 0 Å². The second kappa shape index (κ2) is 11.2. The quantitative estimate of drug-likeness (QED) is 0.293. The number of hydrogen-bond acceptors (Lipinski definition) is 2. The normalized spacial score (nSPS) is 2.00. The summed E-state index contributed by atoms with van der Waals surface area (Å²) in [7, 11) is 0. The van der Waals surface area contributed by atoms with E-state index in [1.54, 1.807) is 0 Å². The van der Waals surface area contributed by atoms with Gasteiger partial charge in [-0.1, -0.05) is 0 Å². The molecule has 0 aliphatic rings. The van der Waals surface area contributed by atoms with Gasteiger partial charge in [-0.2, -0.15) is 0 Å². The number of carbonyl (C=O) groups excluding carboxylic acids is 1. The van der Waals surface area contributed by atoms with Gasteiger partial charge in [0.2, 0.25) is 6.08 Å². The van der Waals surface area contributed by atoms with E-state index in [1.165, 1.54) is 0 Å². The van der Waals surface area contributed by atoms with Gasteiger partial charge in [0.05, 0.1) is 0 Å². The van der Waals surface area contributed by atoms with Crippen LogP contribution >= 0.6 is 0 Å². The Hall–Kier alpha value is 0.120. The van der Waals surface area contributed by atoms with Crippen LogP contribution in [-0.4, -0.2) is 6.08 Å². The monoisotopic (exact) mass is 150 g/mol. The Kier molecular flexibility index (Phi) is 24.9. The second-order valence-corrected chi connectivity index (χ2v) is 0.102. The first kappa shape index (κ1) is 8.92. The minimum atomic E-state index is 0. The Labute approximate surface area is 39.2 Å². The molecule has 0 aliphatic carbocycles. The van der Waals surface area contributed by atoms with Crippen molar-refractivity contribution in [1.29, 1.82) is 5.41 Å². The van der Waals surface area contributed by atoms with Crippen molar-refractivity contribution in [3.05, 3.63) is 0 Å². The van der Waals surface area contributed by atoms with Gasteiger partial charge in [0, 0.05) is 22.4 Å². The molecular weight excluding hydrogens is 150 g/mol. The van der Waals surface area contributed by atoms with Crippen molar-refractivity contribution in [2.45, 2.75) is 0 Å². The van der Waals surface area contributed by atoms with Gasteiger partial charge < -0.3 is 0 Å².